The highest BCUT2D eigenvalue weighted by Gasteiger charge is 2.26. The summed E-state index contributed by atoms with van der Waals surface area (Å²) in [5.41, 5.74) is 0.724. The number of hydrogen-bond acceptors (Lipinski definition) is 6. The van der Waals surface area contributed by atoms with Gasteiger partial charge in [0.05, 0.1) is 37.5 Å². The summed E-state index contributed by atoms with van der Waals surface area (Å²) in [6, 6.07) is 14.5. The molecule has 1 aromatic carbocycles. The lowest BCUT2D eigenvalue weighted by atomic mass is 10.3. The fourth-order valence-electron chi connectivity index (χ4n) is 3.23. The Kier molecular flexibility index (Phi) is 7.03. The van der Waals surface area contributed by atoms with Crippen molar-refractivity contribution in [3.8, 4) is 0 Å². The Morgan fingerprint density at radius 2 is 1.87 bits per heavy atom. The molecule has 164 valence electrons. The second-order valence-corrected chi connectivity index (χ2v) is 10.3. The van der Waals surface area contributed by atoms with E-state index in [-0.39, 0.29) is 4.90 Å². The van der Waals surface area contributed by atoms with E-state index in [1.54, 1.807) is 41.9 Å². The molecule has 3 heterocycles. The highest BCUT2D eigenvalue weighted by Crippen LogP contribution is 2.21. The molecule has 10 heteroatoms. The molecule has 7 nitrogen and oxygen atoms in total. The van der Waals surface area contributed by atoms with Crippen LogP contribution in [0.5, 0.6) is 0 Å². The summed E-state index contributed by atoms with van der Waals surface area (Å²) in [6.45, 7) is 2.76. The topological polar surface area (TPSA) is 75.0 Å². The first-order valence-electron chi connectivity index (χ1n) is 9.81. The van der Waals surface area contributed by atoms with Crippen LogP contribution in [0.15, 0.2) is 69.5 Å². The molecule has 0 radical (unpaired) electrons. The predicted octanol–water partition coefficient (Wildman–Crippen LogP) is 3.76. The van der Waals surface area contributed by atoms with Gasteiger partial charge in [-0.05, 0) is 60.1 Å². The predicted molar refractivity (Wildman–Crippen MR) is 125 cm³/mol. The molecule has 31 heavy (non-hydrogen) atoms. The van der Waals surface area contributed by atoms with Crippen molar-refractivity contribution in [2.45, 2.75) is 18.0 Å². The third kappa shape index (κ3) is 5.52. The van der Waals surface area contributed by atoms with Gasteiger partial charge in [0.2, 0.25) is 10.0 Å². The SMILES string of the molecule is O=S(=O)(c1ccc(NC(=S)N(Cc2ccco2)Cc2cccs2)cc1)N1CCOCC1. The molecule has 0 aliphatic carbocycles. The number of thiophene rings is 1. The molecule has 1 saturated heterocycles. The van der Waals surface area contributed by atoms with E-state index in [1.165, 1.54) is 9.18 Å². The number of thiocarbonyl (C=S) groups is 1. The number of nitrogens with one attached hydrogen (secondary N) is 1. The van der Waals surface area contributed by atoms with Crippen molar-refractivity contribution in [2.24, 2.45) is 0 Å². The van der Waals surface area contributed by atoms with Gasteiger partial charge in [-0.2, -0.15) is 4.31 Å². The zero-order valence-corrected chi connectivity index (χ0v) is 19.2. The molecular formula is C21H23N3O4S3. The molecule has 0 unspecified atom stereocenters. The summed E-state index contributed by atoms with van der Waals surface area (Å²) >= 11 is 7.32. The molecule has 4 rings (SSSR count). The highest BCUT2D eigenvalue weighted by molar-refractivity contribution is 7.89. The minimum atomic E-state index is -3.52. The number of ether oxygens (including phenoxy) is 1. The number of anilines is 1. The third-order valence-electron chi connectivity index (χ3n) is 4.85. The van der Waals surface area contributed by atoms with E-state index >= 15 is 0 Å². The molecule has 0 bridgehead atoms. The maximum absolute atomic E-state index is 12.8. The molecule has 0 atom stereocenters. The smallest absolute Gasteiger partial charge is 0.243 e. The molecule has 1 aliphatic rings. The van der Waals surface area contributed by atoms with Gasteiger partial charge in [-0.15, -0.1) is 11.3 Å². The maximum atomic E-state index is 12.8. The van der Waals surface area contributed by atoms with E-state index in [0.29, 0.717) is 44.5 Å². The minimum absolute atomic E-state index is 0.261. The maximum Gasteiger partial charge on any atom is 0.243 e. The summed E-state index contributed by atoms with van der Waals surface area (Å²) in [5.74, 6) is 0.813. The Balaban J connectivity index is 1.45. The van der Waals surface area contributed by atoms with Crippen molar-refractivity contribution in [3.63, 3.8) is 0 Å². The van der Waals surface area contributed by atoms with Crippen molar-refractivity contribution < 1.29 is 17.6 Å². The largest absolute Gasteiger partial charge is 0.467 e. The minimum Gasteiger partial charge on any atom is -0.467 e. The molecule has 2 aromatic heterocycles. The number of nitrogens with zero attached hydrogens (tertiary/aromatic N) is 2. The Morgan fingerprint density at radius 1 is 1.10 bits per heavy atom. The van der Waals surface area contributed by atoms with E-state index < -0.39 is 10.0 Å². The van der Waals surface area contributed by atoms with Gasteiger partial charge in [0.25, 0.3) is 0 Å². The lowest BCUT2D eigenvalue weighted by molar-refractivity contribution is 0.0730. The molecule has 1 N–H and O–H groups in total. The molecular weight excluding hydrogens is 454 g/mol. The fraction of sp³-hybridized carbons (Fsp3) is 0.286. The van der Waals surface area contributed by atoms with Crippen LogP contribution in [0.25, 0.3) is 0 Å². The second kappa shape index (κ2) is 9.92. The first-order chi connectivity index (χ1) is 15.0. The molecule has 1 aliphatic heterocycles. The van der Waals surface area contributed by atoms with E-state index in [0.717, 1.165) is 11.4 Å². The van der Waals surface area contributed by atoms with Gasteiger partial charge < -0.3 is 19.4 Å². The summed E-state index contributed by atoms with van der Waals surface area (Å²) in [6.07, 6.45) is 1.64. The van der Waals surface area contributed by atoms with Gasteiger partial charge in [0, 0.05) is 23.7 Å². The number of hydrogen-bond donors (Lipinski definition) is 1. The van der Waals surface area contributed by atoms with Crippen LogP contribution in [-0.2, 0) is 27.8 Å². The van der Waals surface area contributed by atoms with Crippen LogP contribution < -0.4 is 5.32 Å². The zero-order valence-electron chi connectivity index (χ0n) is 16.8. The van der Waals surface area contributed by atoms with Crippen molar-refractivity contribution >= 4 is 44.4 Å². The second-order valence-electron chi connectivity index (χ2n) is 6.99. The Hall–Kier alpha value is -2.24. The van der Waals surface area contributed by atoms with Gasteiger partial charge in [-0.25, -0.2) is 8.42 Å². The van der Waals surface area contributed by atoms with Crippen LogP contribution in [0.3, 0.4) is 0 Å². The van der Waals surface area contributed by atoms with E-state index in [9.17, 15) is 8.42 Å². The first-order valence-corrected chi connectivity index (χ1v) is 12.5. The molecule has 0 saturated carbocycles. The Bertz CT molecular complexity index is 1040. The lowest BCUT2D eigenvalue weighted by Crippen LogP contribution is -2.40. The standard InChI is InChI=1S/C21H23N3O4S3/c25-31(26,24-9-12-27-13-10-24)20-7-5-17(6-8-20)22-21(29)23(15-18-3-1-11-28-18)16-19-4-2-14-30-19/h1-8,11,14H,9-10,12-13,15-16H2,(H,22,29). The van der Waals surface area contributed by atoms with Gasteiger partial charge in [-0.3, -0.25) is 0 Å². The van der Waals surface area contributed by atoms with Gasteiger partial charge in [-0.1, -0.05) is 6.07 Å². The van der Waals surface area contributed by atoms with Crippen molar-refractivity contribution in [2.75, 3.05) is 31.6 Å². The Labute approximate surface area is 191 Å². The summed E-state index contributed by atoms with van der Waals surface area (Å²) in [7, 11) is -3.52. The number of furan rings is 1. The monoisotopic (exact) mass is 477 g/mol. The molecule has 0 spiro atoms. The van der Waals surface area contributed by atoms with Gasteiger partial charge >= 0.3 is 0 Å². The highest BCUT2D eigenvalue weighted by atomic mass is 32.2. The first kappa shape index (κ1) is 22.0. The van der Waals surface area contributed by atoms with Crippen LogP contribution in [-0.4, -0.2) is 49.0 Å². The van der Waals surface area contributed by atoms with Crippen molar-refractivity contribution in [3.05, 3.63) is 70.8 Å². The number of morpholine rings is 1. The van der Waals surface area contributed by atoms with E-state index in [1.807, 2.05) is 28.5 Å². The third-order valence-corrected chi connectivity index (χ3v) is 7.99. The van der Waals surface area contributed by atoms with Crippen LogP contribution in [0, 0.1) is 0 Å². The fourth-order valence-corrected chi connectivity index (χ4v) is 5.60. The summed E-state index contributed by atoms with van der Waals surface area (Å²) in [4.78, 5) is 3.46. The van der Waals surface area contributed by atoms with Crippen molar-refractivity contribution in [1.29, 1.82) is 0 Å². The van der Waals surface area contributed by atoms with Gasteiger partial charge in [0.15, 0.2) is 5.11 Å². The molecule has 3 aromatic rings. The molecule has 0 amide bonds. The van der Waals surface area contributed by atoms with Crippen LogP contribution in [0.1, 0.15) is 10.6 Å². The summed E-state index contributed by atoms with van der Waals surface area (Å²) in [5, 5.41) is 5.78. The van der Waals surface area contributed by atoms with Crippen LogP contribution in [0.2, 0.25) is 0 Å². The lowest BCUT2D eigenvalue weighted by Gasteiger charge is -2.26. The average molecular weight is 478 g/mol. The number of sulfonamides is 1. The van der Waals surface area contributed by atoms with E-state index in [4.69, 9.17) is 21.4 Å². The summed E-state index contributed by atoms with van der Waals surface area (Å²) < 4.78 is 37.8. The average Bonchev–Trinajstić information content (AvgIpc) is 3.49. The van der Waals surface area contributed by atoms with Gasteiger partial charge in [0.1, 0.15) is 5.76 Å². The van der Waals surface area contributed by atoms with Crippen molar-refractivity contribution in [1.82, 2.24) is 9.21 Å². The normalized spacial score (nSPS) is 15.0. The quantitative estimate of drug-likeness (QED) is 0.519. The zero-order chi connectivity index (χ0) is 21.7. The number of benzene rings is 1. The Morgan fingerprint density at radius 3 is 2.52 bits per heavy atom. The van der Waals surface area contributed by atoms with Crippen LogP contribution >= 0.6 is 23.6 Å². The molecule has 1 fully saturated rings. The van der Waals surface area contributed by atoms with E-state index in [2.05, 4.69) is 11.4 Å². The number of rotatable bonds is 7. The van der Waals surface area contributed by atoms with Crippen LogP contribution in [0.4, 0.5) is 5.69 Å².